The van der Waals surface area contributed by atoms with Crippen LogP contribution in [0.3, 0.4) is 0 Å². The van der Waals surface area contributed by atoms with Gasteiger partial charge in [-0.15, -0.1) is 0 Å². The SMILES string of the molecule is Cc1ccccc1[Se]C[C@H]1O[C@@H](n2cc(C)c(=O)[nH]c2=O)C[C@@H]1N=[N+]=[N-]. The van der Waals surface area contributed by atoms with E-state index in [2.05, 4.69) is 34.1 Å². The van der Waals surface area contributed by atoms with Crippen LogP contribution in [0.15, 0.2) is 45.2 Å². The molecule has 8 nitrogen and oxygen atoms in total. The maximum absolute atomic E-state index is 12.1. The topological polar surface area (TPSA) is 113 Å². The molecule has 1 aromatic heterocycles. The Morgan fingerprint density at radius 3 is 2.85 bits per heavy atom. The van der Waals surface area contributed by atoms with E-state index in [4.69, 9.17) is 10.3 Å². The minimum absolute atomic E-state index is 0.167. The van der Waals surface area contributed by atoms with Gasteiger partial charge in [-0.1, -0.05) is 0 Å². The Balaban J connectivity index is 1.79. The van der Waals surface area contributed by atoms with Crippen molar-refractivity contribution in [2.45, 2.75) is 44.0 Å². The number of H-pyrrole nitrogens is 1. The van der Waals surface area contributed by atoms with Gasteiger partial charge in [-0.05, 0) is 0 Å². The summed E-state index contributed by atoms with van der Waals surface area (Å²) >= 11 is 0.167. The third kappa shape index (κ3) is 3.92. The molecule has 0 amide bonds. The number of ether oxygens (including phenoxy) is 1. The molecule has 1 aliphatic rings. The molecular weight excluding hydrogens is 401 g/mol. The van der Waals surface area contributed by atoms with Crippen LogP contribution in [0.2, 0.25) is 5.32 Å². The van der Waals surface area contributed by atoms with Gasteiger partial charge in [-0.3, -0.25) is 0 Å². The number of hydrogen-bond donors (Lipinski definition) is 1. The molecule has 3 atom stereocenters. The van der Waals surface area contributed by atoms with Crippen molar-refractivity contribution in [1.29, 1.82) is 0 Å². The third-order valence-electron chi connectivity index (χ3n) is 4.36. The van der Waals surface area contributed by atoms with Gasteiger partial charge < -0.3 is 0 Å². The summed E-state index contributed by atoms with van der Waals surface area (Å²) < 4.78 is 8.70. The van der Waals surface area contributed by atoms with Crippen LogP contribution in [0, 0.1) is 13.8 Å². The number of aromatic amines is 1. The van der Waals surface area contributed by atoms with E-state index >= 15 is 0 Å². The molecule has 2 heterocycles. The van der Waals surface area contributed by atoms with Crippen molar-refractivity contribution in [2.75, 3.05) is 0 Å². The molecule has 1 aromatic carbocycles. The molecule has 0 radical (unpaired) electrons. The Hall–Kier alpha value is -2.31. The van der Waals surface area contributed by atoms with E-state index < -0.39 is 17.5 Å². The van der Waals surface area contributed by atoms with Crippen molar-refractivity contribution in [1.82, 2.24) is 9.55 Å². The number of azide groups is 1. The molecule has 0 saturated carbocycles. The monoisotopic (exact) mass is 421 g/mol. The Bertz CT molecular complexity index is 963. The van der Waals surface area contributed by atoms with Crippen molar-refractivity contribution < 1.29 is 4.74 Å². The van der Waals surface area contributed by atoms with E-state index in [1.165, 1.54) is 20.8 Å². The van der Waals surface area contributed by atoms with Gasteiger partial charge in [0.25, 0.3) is 0 Å². The standard InChI is InChI=1S/C17H19N5O3Se/c1-10-5-3-4-6-14(10)26-9-13-12(20-21-18)7-15(25-13)22-8-11(2)16(23)19-17(22)24/h3-6,8,12-13,15H,7,9H2,1-2H3,(H,19,23,24)/t12-,13+,15+/m0/s1. The van der Waals surface area contributed by atoms with Gasteiger partial charge in [-0.2, -0.15) is 0 Å². The second kappa shape index (κ2) is 7.93. The summed E-state index contributed by atoms with van der Waals surface area (Å²) in [6.07, 6.45) is 1.10. The molecule has 2 aromatic rings. The summed E-state index contributed by atoms with van der Waals surface area (Å²) in [5.41, 5.74) is 9.60. The van der Waals surface area contributed by atoms with Gasteiger partial charge in [0.1, 0.15) is 0 Å². The molecule has 1 aliphatic heterocycles. The molecule has 3 rings (SSSR count). The number of aromatic nitrogens is 2. The van der Waals surface area contributed by atoms with Gasteiger partial charge in [-0.25, -0.2) is 0 Å². The van der Waals surface area contributed by atoms with E-state index in [0.29, 0.717) is 12.0 Å². The molecule has 0 aliphatic carbocycles. The van der Waals surface area contributed by atoms with E-state index in [-0.39, 0.29) is 27.1 Å². The minimum atomic E-state index is -0.550. The normalized spacial score (nSPS) is 22.2. The molecule has 0 spiro atoms. The third-order valence-corrected chi connectivity index (χ3v) is 7.01. The predicted octanol–water partition coefficient (Wildman–Crippen LogP) is 1.57. The fourth-order valence-electron chi connectivity index (χ4n) is 2.91. The molecule has 136 valence electrons. The van der Waals surface area contributed by atoms with Crippen molar-refractivity contribution in [3.05, 3.63) is 72.9 Å². The zero-order valence-corrected chi connectivity index (χ0v) is 16.2. The van der Waals surface area contributed by atoms with Crippen LogP contribution in [-0.4, -0.2) is 36.7 Å². The molecule has 1 N–H and O–H groups in total. The second-order valence-electron chi connectivity index (χ2n) is 6.19. The summed E-state index contributed by atoms with van der Waals surface area (Å²) in [6, 6.07) is 7.85. The van der Waals surface area contributed by atoms with Crippen LogP contribution in [0.5, 0.6) is 0 Å². The van der Waals surface area contributed by atoms with Crippen LogP contribution in [0.25, 0.3) is 10.4 Å². The molecule has 0 unspecified atom stereocenters. The predicted molar refractivity (Wildman–Crippen MR) is 98.9 cm³/mol. The number of rotatable bonds is 5. The van der Waals surface area contributed by atoms with E-state index in [9.17, 15) is 9.59 Å². The Kier molecular flexibility index (Phi) is 5.64. The molecule has 26 heavy (non-hydrogen) atoms. The Morgan fingerprint density at radius 2 is 2.12 bits per heavy atom. The number of aryl methyl sites for hydroxylation is 2. The molecule has 0 bridgehead atoms. The first-order valence-corrected chi connectivity index (χ1v) is 10.3. The summed E-state index contributed by atoms with van der Waals surface area (Å²) in [5.74, 6) is 0. The molecule has 9 heteroatoms. The van der Waals surface area contributed by atoms with Gasteiger partial charge in [0.05, 0.1) is 0 Å². The fraction of sp³-hybridized carbons (Fsp3) is 0.412. The maximum atomic E-state index is 12.1. The van der Waals surface area contributed by atoms with Crippen LogP contribution in [0.1, 0.15) is 23.8 Å². The number of benzene rings is 1. The quantitative estimate of drug-likeness (QED) is 0.343. The first kappa shape index (κ1) is 18.5. The van der Waals surface area contributed by atoms with Crippen LogP contribution in [-0.2, 0) is 4.74 Å². The zero-order valence-electron chi connectivity index (χ0n) is 14.5. The van der Waals surface area contributed by atoms with Gasteiger partial charge in [0, 0.05) is 0 Å². The van der Waals surface area contributed by atoms with Crippen LogP contribution >= 0.6 is 0 Å². The number of hydrogen-bond acceptors (Lipinski definition) is 4. The average molecular weight is 420 g/mol. The summed E-state index contributed by atoms with van der Waals surface area (Å²) in [6.45, 7) is 3.70. The molecule has 1 fully saturated rings. The summed E-state index contributed by atoms with van der Waals surface area (Å²) in [5, 5.41) is 4.61. The van der Waals surface area contributed by atoms with E-state index in [1.54, 1.807) is 6.92 Å². The first-order valence-electron chi connectivity index (χ1n) is 8.19. The molecular formula is C17H19N5O3Se. The molecule has 1 saturated heterocycles. The average Bonchev–Trinajstić information content (AvgIpc) is 3.00. The van der Waals surface area contributed by atoms with E-state index in [0.717, 1.165) is 5.32 Å². The van der Waals surface area contributed by atoms with Gasteiger partial charge in [0.2, 0.25) is 0 Å². The fourth-order valence-corrected chi connectivity index (χ4v) is 5.25. The number of nitrogens with zero attached hydrogens (tertiary/aromatic N) is 4. The Labute approximate surface area is 156 Å². The Morgan fingerprint density at radius 1 is 1.35 bits per heavy atom. The van der Waals surface area contributed by atoms with E-state index in [1.807, 2.05) is 12.1 Å². The van der Waals surface area contributed by atoms with Crippen molar-refractivity contribution in [3.63, 3.8) is 0 Å². The van der Waals surface area contributed by atoms with Crippen LogP contribution < -0.4 is 15.7 Å². The van der Waals surface area contributed by atoms with Gasteiger partial charge in [0.15, 0.2) is 0 Å². The van der Waals surface area contributed by atoms with Crippen molar-refractivity contribution in [2.24, 2.45) is 5.11 Å². The second-order valence-corrected chi connectivity index (χ2v) is 8.42. The summed E-state index contributed by atoms with van der Waals surface area (Å²) in [7, 11) is 0. The first-order chi connectivity index (χ1) is 12.5. The zero-order chi connectivity index (χ0) is 18.7. The van der Waals surface area contributed by atoms with Crippen molar-refractivity contribution >= 4 is 19.4 Å². The van der Waals surface area contributed by atoms with Crippen LogP contribution in [0.4, 0.5) is 0 Å². The number of nitrogens with one attached hydrogen (secondary N) is 1. The van der Waals surface area contributed by atoms with Crippen molar-refractivity contribution in [3.8, 4) is 0 Å². The summed E-state index contributed by atoms with van der Waals surface area (Å²) in [4.78, 5) is 28.9. The van der Waals surface area contributed by atoms with Gasteiger partial charge >= 0.3 is 156 Å².